The van der Waals surface area contributed by atoms with Gasteiger partial charge < -0.3 is 10.4 Å². The van der Waals surface area contributed by atoms with Crippen molar-refractivity contribution in [3.63, 3.8) is 0 Å². The van der Waals surface area contributed by atoms with Crippen molar-refractivity contribution in [3.05, 3.63) is 27.7 Å². The molecule has 5 heteroatoms. The molecule has 72 valence electrons. The first-order valence-corrected chi connectivity index (χ1v) is 4.73. The monoisotopic (exact) mass is 255 g/mol. The summed E-state index contributed by atoms with van der Waals surface area (Å²) < 4.78 is 0.500. The Morgan fingerprint density at radius 2 is 2.21 bits per heavy atom. The molecule has 4 nitrogen and oxygen atoms in total. The average Bonchev–Trinajstić information content (AvgIpc) is 2.42. The third-order valence-corrected chi connectivity index (χ3v) is 2.70. The minimum absolute atomic E-state index is 0.102. The molecule has 2 rings (SSSR count). The minimum atomic E-state index is -1.01. The van der Waals surface area contributed by atoms with E-state index in [0.717, 1.165) is 5.56 Å². The molecule has 0 unspecified atom stereocenters. The Morgan fingerprint density at radius 3 is 2.86 bits per heavy atom. The largest absolute Gasteiger partial charge is 0.478 e. The molecule has 0 radical (unpaired) electrons. The molecule has 2 N–H and O–H groups in total. The fraction of sp³-hybridized carbons (Fsp3) is 0.111. The lowest BCUT2D eigenvalue weighted by atomic mass is 10.1. The summed E-state index contributed by atoms with van der Waals surface area (Å²) in [5.74, 6) is -1.12. The molecule has 1 aliphatic rings. The van der Waals surface area contributed by atoms with E-state index in [9.17, 15) is 9.59 Å². The molecule has 1 heterocycles. The molecular formula is C9H6BrNO3. The highest BCUT2D eigenvalue weighted by Gasteiger charge is 2.21. The predicted molar refractivity (Wildman–Crippen MR) is 53.4 cm³/mol. The van der Waals surface area contributed by atoms with E-state index in [2.05, 4.69) is 21.2 Å². The van der Waals surface area contributed by atoms with E-state index >= 15 is 0 Å². The normalized spacial score (nSPS) is 13.6. The minimum Gasteiger partial charge on any atom is -0.478 e. The van der Waals surface area contributed by atoms with Crippen molar-refractivity contribution in [1.82, 2.24) is 0 Å². The smallest absolute Gasteiger partial charge is 0.336 e. The summed E-state index contributed by atoms with van der Waals surface area (Å²) in [6.45, 7) is 0. The van der Waals surface area contributed by atoms with Gasteiger partial charge in [-0.05, 0) is 33.6 Å². The van der Waals surface area contributed by atoms with Gasteiger partial charge in [-0.1, -0.05) is 0 Å². The zero-order valence-electron chi connectivity index (χ0n) is 7.00. The van der Waals surface area contributed by atoms with E-state index in [1.54, 1.807) is 6.07 Å². The maximum absolute atomic E-state index is 11.0. The number of carbonyl (C=O) groups is 2. The molecule has 0 fully saturated rings. The number of hydrogen-bond donors (Lipinski definition) is 2. The number of fused-ring (bicyclic) bond motifs is 1. The van der Waals surface area contributed by atoms with E-state index in [0.29, 0.717) is 16.6 Å². The molecule has 1 aromatic rings. The first kappa shape index (κ1) is 9.21. The van der Waals surface area contributed by atoms with Crippen molar-refractivity contribution in [2.45, 2.75) is 6.42 Å². The van der Waals surface area contributed by atoms with Crippen LogP contribution in [-0.2, 0) is 11.2 Å². The van der Waals surface area contributed by atoms with E-state index in [-0.39, 0.29) is 11.5 Å². The maximum Gasteiger partial charge on any atom is 0.336 e. The number of aromatic carboxylic acids is 1. The van der Waals surface area contributed by atoms with Gasteiger partial charge in [0.1, 0.15) is 0 Å². The number of hydrogen-bond acceptors (Lipinski definition) is 2. The topological polar surface area (TPSA) is 66.4 Å². The zero-order chi connectivity index (χ0) is 10.3. The third kappa shape index (κ3) is 1.39. The molecule has 0 aliphatic carbocycles. The van der Waals surface area contributed by atoms with Gasteiger partial charge >= 0.3 is 5.97 Å². The van der Waals surface area contributed by atoms with Gasteiger partial charge in [0.2, 0.25) is 5.91 Å². The van der Waals surface area contributed by atoms with Crippen molar-refractivity contribution in [1.29, 1.82) is 0 Å². The van der Waals surface area contributed by atoms with Crippen LogP contribution in [0.5, 0.6) is 0 Å². The van der Waals surface area contributed by atoms with Crippen LogP contribution in [0.3, 0.4) is 0 Å². The fourth-order valence-electron chi connectivity index (χ4n) is 1.41. The van der Waals surface area contributed by atoms with Crippen LogP contribution >= 0.6 is 15.9 Å². The summed E-state index contributed by atoms with van der Waals surface area (Å²) in [6, 6.07) is 3.13. The Kier molecular flexibility index (Phi) is 2.03. The van der Waals surface area contributed by atoms with Gasteiger partial charge in [0, 0.05) is 10.2 Å². The van der Waals surface area contributed by atoms with E-state index in [1.807, 2.05) is 0 Å². The summed E-state index contributed by atoms with van der Waals surface area (Å²) in [5, 5.41) is 11.4. The number of amides is 1. The fourth-order valence-corrected chi connectivity index (χ4v) is 1.97. The van der Waals surface area contributed by atoms with Gasteiger partial charge in [-0.15, -0.1) is 0 Å². The Bertz CT molecular complexity index is 442. The van der Waals surface area contributed by atoms with Crippen LogP contribution in [0.1, 0.15) is 15.9 Å². The van der Waals surface area contributed by atoms with Crippen molar-refractivity contribution >= 4 is 33.5 Å². The van der Waals surface area contributed by atoms with Gasteiger partial charge in [0.15, 0.2) is 0 Å². The molecule has 0 spiro atoms. The van der Waals surface area contributed by atoms with Crippen molar-refractivity contribution in [2.24, 2.45) is 0 Å². The highest BCUT2D eigenvalue weighted by atomic mass is 79.9. The van der Waals surface area contributed by atoms with Gasteiger partial charge in [-0.2, -0.15) is 0 Å². The first-order chi connectivity index (χ1) is 6.58. The number of carboxylic acids is 1. The SMILES string of the molecule is O=C1Cc2cc(Br)c(C(=O)O)cc2N1. The van der Waals surface area contributed by atoms with Crippen molar-refractivity contribution in [2.75, 3.05) is 5.32 Å². The molecule has 1 aliphatic heterocycles. The number of rotatable bonds is 1. The molecule has 0 atom stereocenters. The Hall–Kier alpha value is -1.36. The van der Waals surface area contributed by atoms with Crippen LogP contribution in [0.15, 0.2) is 16.6 Å². The van der Waals surface area contributed by atoms with Gasteiger partial charge in [-0.25, -0.2) is 4.79 Å². The average molecular weight is 256 g/mol. The van der Waals surface area contributed by atoms with E-state index in [1.165, 1.54) is 6.07 Å². The molecule has 0 aromatic heterocycles. The standard InChI is InChI=1S/C9H6BrNO3/c10-6-1-4-2-8(12)11-7(4)3-5(6)9(13)14/h1,3H,2H2,(H,11,12)(H,13,14). The lowest BCUT2D eigenvalue weighted by Crippen LogP contribution is -2.04. The highest BCUT2D eigenvalue weighted by molar-refractivity contribution is 9.10. The molecule has 0 saturated carbocycles. The molecule has 1 amide bonds. The zero-order valence-corrected chi connectivity index (χ0v) is 8.59. The summed E-state index contributed by atoms with van der Waals surface area (Å²) >= 11 is 3.15. The number of carboxylic acid groups (broad SMARTS) is 1. The quantitative estimate of drug-likeness (QED) is 0.802. The Balaban J connectivity index is 2.55. The summed E-state index contributed by atoms with van der Waals surface area (Å²) in [7, 11) is 0. The van der Waals surface area contributed by atoms with E-state index < -0.39 is 5.97 Å². The van der Waals surface area contributed by atoms with Crippen LogP contribution < -0.4 is 5.32 Å². The lowest BCUT2D eigenvalue weighted by Gasteiger charge is -2.02. The lowest BCUT2D eigenvalue weighted by molar-refractivity contribution is -0.115. The van der Waals surface area contributed by atoms with Gasteiger partial charge in [-0.3, -0.25) is 4.79 Å². The van der Waals surface area contributed by atoms with Gasteiger partial charge in [0.05, 0.1) is 12.0 Å². The summed E-state index contributed by atoms with van der Waals surface area (Å²) in [6.07, 6.45) is 0.313. The second kappa shape index (κ2) is 3.09. The predicted octanol–water partition coefficient (Wildman–Crippen LogP) is 1.64. The number of benzene rings is 1. The Morgan fingerprint density at radius 1 is 1.50 bits per heavy atom. The molecule has 1 aromatic carbocycles. The number of carbonyl (C=O) groups excluding carboxylic acids is 1. The second-order valence-electron chi connectivity index (χ2n) is 3.02. The number of halogens is 1. The molecular weight excluding hydrogens is 250 g/mol. The van der Waals surface area contributed by atoms with Crippen LogP contribution in [0.4, 0.5) is 5.69 Å². The first-order valence-electron chi connectivity index (χ1n) is 3.93. The number of anilines is 1. The number of nitrogens with one attached hydrogen (secondary N) is 1. The third-order valence-electron chi connectivity index (χ3n) is 2.05. The molecule has 14 heavy (non-hydrogen) atoms. The van der Waals surface area contributed by atoms with Crippen LogP contribution in [0.2, 0.25) is 0 Å². The van der Waals surface area contributed by atoms with Crippen molar-refractivity contribution in [3.8, 4) is 0 Å². The Labute approximate surface area is 88.1 Å². The molecule has 0 saturated heterocycles. The maximum atomic E-state index is 11.0. The van der Waals surface area contributed by atoms with Crippen LogP contribution in [-0.4, -0.2) is 17.0 Å². The highest BCUT2D eigenvalue weighted by Crippen LogP contribution is 2.29. The second-order valence-corrected chi connectivity index (χ2v) is 3.87. The molecule has 0 bridgehead atoms. The summed E-state index contributed by atoms with van der Waals surface area (Å²) in [4.78, 5) is 21.8. The van der Waals surface area contributed by atoms with E-state index in [4.69, 9.17) is 5.11 Å². The van der Waals surface area contributed by atoms with Crippen LogP contribution in [0.25, 0.3) is 0 Å². The van der Waals surface area contributed by atoms with Crippen molar-refractivity contribution < 1.29 is 14.7 Å². The van der Waals surface area contributed by atoms with Gasteiger partial charge in [0.25, 0.3) is 0 Å². The summed E-state index contributed by atoms with van der Waals surface area (Å²) in [5.41, 5.74) is 1.58. The van der Waals surface area contributed by atoms with Crippen LogP contribution in [0, 0.1) is 0 Å².